The minimum Gasteiger partial charge on any atom is -0.395 e. The molecular weight excluding hydrogens is 288 g/mol. The molecule has 0 spiro atoms. The van der Waals surface area contributed by atoms with Crippen molar-refractivity contribution < 1.29 is 25.2 Å². The van der Waals surface area contributed by atoms with Gasteiger partial charge in [0, 0.05) is 19.0 Å². The second-order valence-corrected chi connectivity index (χ2v) is 5.87. The molecule has 1 fully saturated rings. The van der Waals surface area contributed by atoms with Crippen molar-refractivity contribution >= 4 is 5.91 Å². The Morgan fingerprint density at radius 3 is 2.36 bits per heavy atom. The van der Waals surface area contributed by atoms with Crippen molar-refractivity contribution in [2.24, 2.45) is 0 Å². The molecule has 0 radical (unpaired) electrons. The molecular formula is C15H30N2O5. The van der Waals surface area contributed by atoms with Gasteiger partial charge in [0.05, 0.1) is 31.5 Å². The fourth-order valence-corrected chi connectivity index (χ4v) is 3.05. The Morgan fingerprint density at radius 1 is 1.09 bits per heavy atom. The molecule has 1 saturated heterocycles. The van der Waals surface area contributed by atoms with Gasteiger partial charge < -0.3 is 25.7 Å². The highest BCUT2D eigenvalue weighted by atomic mass is 16.3. The van der Waals surface area contributed by atoms with E-state index in [9.17, 15) is 20.1 Å². The number of carbonyl (C=O) groups is 1. The molecule has 4 unspecified atom stereocenters. The average molecular weight is 318 g/mol. The van der Waals surface area contributed by atoms with Gasteiger partial charge in [-0.25, -0.2) is 0 Å². The molecule has 1 amide bonds. The molecule has 0 aromatic rings. The first-order valence-electron chi connectivity index (χ1n) is 8.17. The zero-order valence-electron chi connectivity index (χ0n) is 13.3. The third-order valence-corrected chi connectivity index (χ3v) is 4.28. The molecule has 0 saturated carbocycles. The summed E-state index contributed by atoms with van der Waals surface area (Å²) in [5, 5.41) is 41.0. The van der Waals surface area contributed by atoms with Crippen molar-refractivity contribution in [2.75, 3.05) is 26.3 Å². The third-order valence-electron chi connectivity index (χ3n) is 4.28. The molecule has 0 aromatic carbocycles. The predicted octanol–water partition coefficient (Wildman–Crippen LogP) is -1.17. The lowest BCUT2D eigenvalue weighted by Gasteiger charge is -2.29. The largest absolute Gasteiger partial charge is 0.395 e. The number of hydrogen-bond donors (Lipinski definition) is 5. The second-order valence-electron chi connectivity index (χ2n) is 5.87. The molecule has 4 atom stereocenters. The fourth-order valence-electron chi connectivity index (χ4n) is 3.05. The van der Waals surface area contributed by atoms with Crippen molar-refractivity contribution in [2.45, 2.75) is 63.3 Å². The van der Waals surface area contributed by atoms with Crippen LogP contribution in [0, 0.1) is 0 Å². The zero-order valence-corrected chi connectivity index (χ0v) is 13.3. The maximum absolute atomic E-state index is 11.8. The van der Waals surface area contributed by atoms with Gasteiger partial charge in [-0.05, 0) is 13.0 Å². The lowest BCUT2D eigenvalue weighted by atomic mass is 10.1. The Morgan fingerprint density at radius 2 is 1.77 bits per heavy atom. The second kappa shape index (κ2) is 10.1. The lowest BCUT2D eigenvalue weighted by molar-refractivity contribution is -0.123. The van der Waals surface area contributed by atoms with Crippen LogP contribution in [0.2, 0.25) is 0 Å². The number of unbranched alkanes of at least 4 members (excludes halogenated alkanes) is 3. The first-order chi connectivity index (χ1) is 10.6. The molecule has 5 N–H and O–H groups in total. The lowest BCUT2D eigenvalue weighted by Crippen LogP contribution is -2.44. The van der Waals surface area contributed by atoms with Crippen LogP contribution in [0.25, 0.3) is 0 Å². The first-order valence-corrected chi connectivity index (χ1v) is 8.17. The molecule has 0 aliphatic carbocycles. The standard InChI is InChI=1S/C15H30N2O5/c1-2-3-4-5-7-17-11(9-13(20)16-6-8-18)14(21)15(22)12(17)10-19/h11-12,14-15,18-19,21-22H,2-10H2,1H3,(H,16,20). The van der Waals surface area contributed by atoms with Gasteiger partial charge in [-0.2, -0.15) is 0 Å². The van der Waals surface area contributed by atoms with E-state index in [1.807, 2.05) is 4.90 Å². The van der Waals surface area contributed by atoms with Crippen molar-refractivity contribution in [1.29, 1.82) is 0 Å². The van der Waals surface area contributed by atoms with Crippen molar-refractivity contribution in [3.05, 3.63) is 0 Å². The van der Waals surface area contributed by atoms with Gasteiger partial charge in [0.1, 0.15) is 0 Å². The molecule has 1 heterocycles. The summed E-state index contributed by atoms with van der Waals surface area (Å²) in [7, 11) is 0. The number of hydrogen-bond acceptors (Lipinski definition) is 6. The summed E-state index contributed by atoms with van der Waals surface area (Å²) >= 11 is 0. The Bertz CT molecular complexity index is 329. The van der Waals surface area contributed by atoms with E-state index in [4.69, 9.17) is 5.11 Å². The van der Waals surface area contributed by atoms with Gasteiger partial charge in [-0.1, -0.05) is 26.2 Å². The number of aliphatic hydroxyl groups excluding tert-OH is 4. The Balaban J connectivity index is 2.64. The molecule has 1 aliphatic heterocycles. The third kappa shape index (κ3) is 5.17. The maximum atomic E-state index is 11.8. The van der Waals surface area contributed by atoms with E-state index in [1.54, 1.807) is 0 Å². The van der Waals surface area contributed by atoms with Crippen LogP contribution in [0.3, 0.4) is 0 Å². The highest BCUT2D eigenvalue weighted by Crippen LogP contribution is 2.28. The summed E-state index contributed by atoms with van der Waals surface area (Å²) in [5.74, 6) is -0.276. The van der Waals surface area contributed by atoms with Crippen LogP contribution in [-0.2, 0) is 4.79 Å². The number of aliphatic hydroxyl groups is 4. The van der Waals surface area contributed by atoms with Crippen LogP contribution in [0.4, 0.5) is 0 Å². The molecule has 7 nitrogen and oxygen atoms in total. The van der Waals surface area contributed by atoms with Gasteiger partial charge in [0.15, 0.2) is 0 Å². The summed E-state index contributed by atoms with van der Waals surface area (Å²) in [6, 6.07) is -1.04. The Labute approximate surface area is 131 Å². The molecule has 130 valence electrons. The summed E-state index contributed by atoms with van der Waals surface area (Å²) in [6.45, 7) is 2.54. The summed E-state index contributed by atoms with van der Waals surface area (Å²) in [5.41, 5.74) is 0. The van der Waals surface area contributed by atoms with E-state index >= 15 is 0 Å². The number of carbonyl (C=O) groups excluding carboxylic acids is 1. The van der Waals surface area contributed by atoms with Crippen molar-refractivity contribution in [3.8, 4) is 0 Å². The summed E-state index contributed by atoms with van der Waals surface area (Å²) in [6.07, 6.45) is 2.11. The predicted molar refractivity (Wildman–Crippen MR) is 82.2 cm³/mol. The first kappa shape index (κ1) is 19.3. The van der Waals surface area contributed by atoms with Crippen LogP contribution in [0.1, 0.15) is 39.0 Å². The average Bonchev–Trinajstić information content (AvgIpc) is 2.73. The zero-order chi connectivity index (χ0) is 16.5. The van der Waals surface area contributed by atoms with Crippen LogP contribution in [0.15, 0.2) is 0 Å². The highest BCUT2D eigenvalue weighted by Gasteiger charge is 2.47. The molecule has 1 rings (SSSR count). The SMILES string of the molecule is CCCCCCN1C(CO)C(O)C(O)C1CC(=O)NCCO. The quantitative estimate of drug-likeness (QED) is 0.325. The topological polar surface area (TPSA) is 113 Å². The van der Waals surface area contributed by atoms with E-state index < -0.39 is 24.3 Å². The van der Waals surface area contributed by atoms with E-state index in [0.29, 0.717) is 6.54 Å². The van der Waals surface area contributed by atoms with Crippen LogP contribution >= 0.6 is 0 Å². The number of nitrogens with one attached hydrogen (secondary N) is 1. The number of rotatable bonds is 10. The minimum atomic E-state index is -1.05. The normalized spacial score (nSPS) is 29.0. The highest BCUT2D eigenvalue weighted by molar-refractivity contribution is 5.76. The van der Waals surface area contributed by atoms with Gasteiger partial charge in [-0.15, -0.1) is 0 Å². The maximum Gasteiger partial charge on any atom is 0.221 e. The smallest absolute Gasteiger partial charge is 0.221 e. The molecule has 0 aromatic heterocycles. The van der Waals surface area contributed by atoms with Crippen molar-refractivity contribution in [1.82, 2.24) is 10.2 Å². The number of nitrogens with zero attached hydrogens (tertiary/aromatic N) is 1. The van der Waals surface area contributed by atoms with Gasteiger partial charge in [0.2, 0.25) is 5.91 Å². The Hall–Kier alpha value is -0.730. The molecule has 0 bridgehead atoms. The minimum absolute atomic E-state index is 0.0442. The monoisotopic (exact) mass is 318 g/mol. The fraction of sp³-hybridized carbons (Fsp3) is 0.933. The van der Waals surface area contributed by atoms with Crippen LogP contribution < -0.4 is 5.32 Å². The van der Waals surface area contributed by atoms with Crippen molar-refractivity contribution in [3.63, 3.8) is 0 Å². The summed E-state index contributed by atoms with van der Waals surface area (Å²) < 4.78 is 0. The van der Waals surface area contributed by atoms with Gasteiger partial charge in [0.25, 0.3) is 0 Å². The Kier molecular flexibility index (Phi) is 8.89. The van der Waals surface area contributed by atoms with E-state index in [2.05, 4.69) is 12.2 Å². The molecule has 22 heavy (non-hydrogen) atoms. The van der Waals surface area contributed by atoms with Crippen LogP contribution in [-0.4, -0.2) is 81.8 Å². The van der Waals surface area contributed by atoms with Gasteiger partial charge in [-0.3, -0.25) is 9.69 Å². The molecule has 1 aliphatic rings. The van der Waals surface area contributed by atoms with Crippen LogP contribution in [0.5, 0.6) is 0 Å². The number of likely N-dealkylation sites (tertiary alicyclic amines) is 1. The number of amides is 1. The molecule has 7 heteroatoms. The van der Waals surface area contributed by atoms with E-state index in [-0.39, 0.29) is 32.1 Å². The van der Waals surface area contributed by atoms with Gasteiger partial charge >= 0.3 is 0 Å². The summed E-state index contributed by atoms with van der Waals surface area (Å²) in [4.78, 5) is 13.7. The van der Waals surface area contributed by atoms with E-state index in [1.165, 1.54) is 0 Å². The van der Waals surface area contributed by atoms with E-state index in [0.717, 1.165) is 25.7 Å².